The topological polar surface area (TPSA) is 50.1 Å². The van der Waals surface area contributed by atoms with Gasteiger partial charge in [0.15, 0.2) is 5.13 Å². The van der Waals surface area contributed by atoms with Gasteiger partial charge < -0.3 is 9.80 Å². The molecule has 0 bridgehead atoms. The Morgan fingerprint density at radius 3 is 2.21 bits per heavy atom. The summed E-state index contributed by atoms with van der Waals surface area (Å²) in [6, 6.07) is 8.06. The molecule has 0 N–H and O–H groups in total. The first-order chi connectivity index (χ1) is 15.9. The van der Waals surface area contributed by atoms with Crippen molar-refractivity contribution in [3.63, 3.8) is 0 Å². The third kappa shape index (κ3) is 3.98. The maximum Gasteiger partial charge on any atom is 0.251 e. The van der Waals surface area contributed by atoms with Crippen LogP contribution in [0, 0.1) is 10.5 Å². The van der Waals surface area contributed by atoms with E-state index in [9.17, 15) is 13.2 Å². The lowest BCUT2D eigenvalue weighted by Crippen LogP contribution is -2.39. The van der Waals surface area contributed by atoms with Crippen molar-refractivity contribution in [2.24, 2.45) is 5.41 Å². The van der Waals surface area contributed by atoms with Crippen LogP contribution in [0.5, 0.6) is 0 Å². The SMILES string of the molecule is Fc1sc(N2CCC(F)(F)CC2)nc1-c1cn(-c2ccccc2N2CCC3(CC2)CC3)nn1. The summed E-state index contributed by atoms with van der Waals surface area (Å²) in [5.74, 6) is -2.65. The molecule has 2 aliphatic heterocycles. The van der Waals surface area contributed by atoms with Gasteiger partial charge in [-0.25, -0.2) is 18.4 Å². The molecule has 1 aliphatic carbocycles. The van der Waals surface area contributed by atoms with Gasteiger partial charge in [0.05, 0.1) is 17.6 Å². The van der Waals surface area contributed by atoms with Crippen molar-refractivity contribution in [2.75, 3.05) is 36.0 Å². The Labute approximate surface area is 194 Å². The Morgan fingerprint density at radius 2 is 1.52 bits per heavy atom. The molecule has 33 heavy (non-hydrogen) atoms. The van der Waals surface area contributed by atoms with Crippen LogP contribution in [0.1, 0.15) is 38.5 Å². The summed E-state index contributed by atoms with van der Waals surface area (Å²) in [5, 5.41) is 8.38. The lowest BCUT2D eigenvalue weighted by molar-refractivity contribution is -0.0220. The number of hydrogen-bond donors (Lipinski definition) is 0. The van der Waals surface area contributed by atoms with E-state index in [0.717, 1.165) is 35.8 Å². The summed E-state index contributed by atoms with van der Waals surface area (Å²) < 4.78 is 43.4. The molecule has 1 spiro atoms. The Bertz CT molecular complexity index is 1150. The highest BCUT2D eigenvalue weighted by Gasteiger charge is 2.44. The van der Waals surface area contributed by atoms with Gasteiger partial charge >= 0.3 is 0 Å². The highest BCUT2D eigenvalue weighted by molar-refractivity contribution is 7.14. The largest absolute Gasteiger partial charge is 0.370 e. The number of piperidine rings is 2. The third-order valence-electron chi connectivity index (χ3n) is 7.33. The molecule has 0 atom stereocenters. The molecule has 4 heterocycles. The molecule has 3 aromatic rings. The molecule has 3 fully saturated rings. The standard InChI is InChI=1S/C23H25F3N6S/c24-20-19(27-21(33-20)31-13-9-23(25,26)10-14-31)16-15-32(29-28-16)18-4-2-1-3-17(18)30-11-7-22(5-6-22)8-12-30/h1-4,15H,5-14H2. The molecule has 10 heteroatoms. The summed E-state index contributed by atoms with van der Waals surface area (Å²) in [6.07, 6.45) is 6.37. The van der Waals surface area contributed by atoms with Gasteiger partial charge in [-0.05, 0) is 43.2 Å². The minimum Gasteiger partial charge on any atom is -0.370 e. The van der Waals surface area contributed by atoms with E-state index >= 15 is 0 Å². The molecule has 2 saturated heterocycles. The molecule has 6 rings (SSSR count). The second-order valence-electron chi connectivity index (χ2n) is 9.49. The van der Waals surface area contributed by atoms with Gasteiger partial charge in [0.1, 0.15) is 11.4 Å². The maximum atomic E-state index is 14.8. The molecular weight excluding hydrogens is 449 g/mol. The van der Waals surface area contributed by atoms with Crippen molar-refractivity contribution in [2.45, 2.75) is 44.4 Å². The zero-order valence-electron chi connectivity index (χ0n) is 18.2. The van der Waals surface area contributed by atoms with Crippen LogP contribution in [0.15, 0.2) is 30.5 Å². The predicted molar refractivity (Wildman–Crippen MR) is 122 cm³/mol. The molecule has 1 saturated carbocycles. The van der Waals surface area contributed by atoms with E-state index < -0.39 is 11.1 Å². The van der Waals surface area contributed by atoms with Crippen LogP contribution < -0.4 is 9.80 Å². The number of aromatic nitrogens is 4. The molecule has 6 nitrogen and oxygen atoms in total. The smallest absolute Gasteiger partial charge is 0.251 e. The lowest BCUT2D eigenvalue weighted by Gasteiger charge is -2.34. The first kappa shape index (κ1) is 20.9. The van der Waals surface area contributed by atoms with Crippen LogP contribution in [0.4, 0.5) is 24.0 Å². The maximum absolute atomic E-state index is 14.8. The summed E-state index contributed by atoms with van der Waals surface area (Å²) in [4.78, 5) is 8.51. The zero-order chi connectivity index (χ0) is 22.6. The number of hydrogen-bond acceptors (Lipinski definition) is 6. The van der Waals surface area contributed by atoms with Gasteiger partial charge in [0.2, 0.25) is 5.13 Å². The van der Waals surface area contributed by atoms with E-state index in [1.54, 1.807) is 15.8 Å². The first-order valence-electron chi connectivity index (χ1n) is 11.5. The molecule has 174 valence electrons. The fourth-order valence-corrected chi connectivity index (χ4v) is 5.78. The highest BCUT2D eigenvalue weighted by atomic mass is 32.1. The average molecular weight is 475 g/mol. The van der Waals surface area contributed by atoms with Gasteiger partial charge in [-0.3, -0.25) is 0 Å². The van der Waals surface area contributed by atoms with Crippen LogP contribution in [0.2, 0.25) is 0 Å². The Kier molecular flexibility index (Phi) is 4.90. The van der Waals surface area contributed by atoms with Gasteiger partial charge in [-0.1, -0.05) is 28.7 Å². The normalized spacial score (nSPS) is 21.5. The zero-order valence-corrected chi connectivity index (χ0v) is 19.0. The van der Waals surface area contributed by atoms with E-state index in [2.05, 4.69) is 26.3 Å². The second-order valence-corrected chi connectivity index (χ2v) is 10.4. The van der Waals surface area contributed by atoms with Crippen LogP contribution in [-0.2, 0) is 0 Å². The molecule has 2 aromatic heterocycles. The van der Waals surface area contributed by atoms with E-state index in [4.69, 9.17) is 0 Å². The predicted octanol–water partition coefficient (Wildman–Crippen LogP) is 5.15. The van der Waals surface area contributed by atoms with E-state index in [1.807, 2.05) is 18.2 Å². The molecule has 0 unspecified atom stereocenters. The summed E-state index contributed by atoms with van der Waals surface area (Å²) in [6.45, 7) is 2.38. The number of thiazole rings is 1. The Balaban J connectivity index is 1.24. The monoisotopic (exact) mass is 474 g/mol. The van der Waals surface area contributed by atoms with Crippen LogP contribution >= 0.6 is 11.3 Å². The van der Waals surface area contributed by atoms with Crippen molar-refractivity contribution in [3.05, 3.63) is 35.6 Å². The number of rotatable bonds is 4. The fourth-order valence-electron chi connectivity index (χ4n) is 4.92. The lowest BCUT2D eigenvalue weighted by atomic mass is 9.93. The van der Waals surface area contributed by atoms with Gasteiger partial charge in [-0.2, -0.15) is 4.39 Å². The van der Waals surface area contributed by atoms with E-state index in [-0.39, 0.29) is 31.6 Å². The highest BCUT2D eigenvalue weighted by Crippen LogP contribution is 2.54. The minimum atomic E-state index is -2.65. The summed E-state index contributed by atoms with van der Waals surface area (Å²) in [5.41, 5.74) is 3.04. The molecular formula is C23H25F3N6S. The molecule has 0 radical (unpaired) electrons. The molecule has 0 amide bonds. The van der Waals surface area contributed by atoms with Crippen LogP contribution in [0.25, 0.3) is 17.1 Å². The first-order valence-corrected chi connectivity index (χ1v) is 12.3. The molecule has 1 aromatic carbocycles. The van der Waals surface area contributed by atoms with Crippen molar-refractivity contribution in [1.82, 2.24) is 20.0 Å². The van der Waals surface area contributed by atoms with Gasteiger partial charge in [-0.15, -0.1) is 5.10 Å². The van der Waals surface area contributed by atoms with Crippen molar-refractivity contribution in [3.8, 4) is 17.1 Å². The summed E-state index contributed by atoms with van der Waals surface area (Å²) in [7, 11) is 0. The number of alkyl halides is 2. The summed E-state index contributed by atoms with van der Waals surface area (Å²) >= 11 is 0.870. The van der Waals surface area contributed by atoms with Crippen molar-refractivity contribution >= 4 is 22.2 Å². The van der Waals surface area contributed by atoms with E-state index in [1.165, 1.54) is 25.7 Å². The number of halogens is 3. The van der Waals surface area contributed by atoms with Crippen molar-refractivity contribution in [1.29, 1.82) is 0 Å². The number of benzene rings is 1. The number of para-hydroxylation sites is 2. The van der Waals surface area contributed by atoms with Crippen LogP contribution in [0.3, 0.4) is 0 Å². The van der Waals surface area contributed by atoms with Crippen LogP contribution in [-0.4, -0.2) is 52.1 Å². The second kappa shape index (κ2) is 7.72. The van der Waals surface area contributed by atoms with Gasteiger partial charge in [0, 0.05) is 39.0 Å². The van der Waals surface area contributed by atoms with Crippen molar-refractivity contribution < 1.29 is 13.2 Å². The van der Waals surface area contributed by atoms with Gasteiger partial charge in [0.25, 0.3) is 5.92 Å². The minimum absolute atomic E-state index is 0.115. The molecule has 3 aliphatic rings. The number of anilines is 2. The average Bonchev–Trinajstić information content (AvgIpc) is 3.20. The Morgan fingerprint density at radius 1 is 0.848 bits per heavy atom. The third-order valence-corrected chi connectivity index (χ3v) is 8.23. The quantitative estimate of drug-likeness (QED) is 0.524. The fraction of sp³-hybridized carbons (Fsp3) is 0.522. The van der Waals surface area contributed by atoms with E-state index in [0.29, 0.717) is 16.2 Å². The Hall–Kier alpha value is -2.62. The number of nitrogens with zero attached hydrogens (tertiary/aromatic N) is 6.